The highest BCUT2D eigenvalue weighted by Gasteiger charge is 2.29. The van der Waals surface area contributed by atoms with Crippen molar-refractivity contribution < 1.29 is 4.84 Å². The molecule has 0 aliphatic rings. The molecule has 3 heteroatoms. The van der Waals surface area contributed by atoms with E-state index in [9.17, 15) is 0 Å². The van der Waals surface area contributed by atoms with E-state index in [4.69, 9.17) is 16.4 Å². The Morgan fingerprint density at radius 2 is 1.77 bits per heavy atom. The van der Waals surface area contributed by atoms with Gasteiger partial charge in [0.2, 0.25) is 0 Å². The van der Waals surface area contributed by atoms with Crippen LogP contribution in [0.5, 0.6) is 0 Å². The number of nitrogens with one attached hydrogen (secondary N) is 1. The van der Waals surface area contributed by atoms with E-state index in [1.807, 2.05) is 0 Å². The third kappa shape index (κ3) is 6.30. The predicted molar refractivity (Wildman–Crippen MR) is 58.0 cm³/mol. The number of hydrogen-bond donors (Lipinski definition) is 1. The Kier molecular flexibility index (Phi) is 5.26. The van der Waals surface area contributed by atoms with Gasteiger partial charge in [-0.2, -0.15) is 0 Å². The second kappa shape index (κ2) is 5.18. The summed E-state index contributed by atoms with van der Waals surface area (Å²) in [5.74, 6) is 0.711. The van der Waals surface area contributed by atoms with E-state index in [1.54, 1.807) is 7.05 Å². The fraction of sp³-hybridized carbons (Fsp3) is 1.00. The van der Waals surface area contributed by atoms with Crippen LogP contribution in [0, 0.1) is 5.41 Å². The highest BCUT2D eigenvalue weighted by Crippen LogP contribution is 2.32. The molecule has 2 nitrogen and oxygen atoms in total. The van der Waals surface area contributed by atoms with Crippen molar-refractivity contribution in [3.63, 3.8) is 0 Å². The lowest BCUT2D eigenvalue weighted by atomic mass is 9.80. The largest absolute Gasteiger partial charge is 0.296 e. The first kappa shape index (κ1) is 13.2. The average molecular weight is 208 g/mol. The molecule has 0 aliphatic carbocycles. The molecule has 0 aliphatic heterocycles. The van der Waals surface area contributed by atoms with Crippen LogP contribution in [0.4, 0.5) is 0 Å². The van der Waals surface area contributed by atoms with Crippen molar-refractivity contribution in [2.75, 3.05) is 12.9 Å². The van der Waals surface area contributed by atoms with Gasteiger partial charge in [0, 0.05) is 12.9 Å². The van der Waals surface area contributed by atoms with E-state index in [-0.39, 0.29) is 11.0 Å². The molecular formula is C10H22ClNO. The van der Waals surface area contributed by atoms with Crippen LogP contribution in [-0.4, -0.2) is 18.5 Å². The minimum Gasteiger partial charge on any atom is -0.296 e. The van der Waals surface area contributed by atoms with Crippen LogP contribution >= 0.6 is 11.6 Å². The van der Waals surface area contributed by atoms with Crippen molar-refractivity contribution in [3.8, 4) is 0 Å². The zero-order valence-corrected chi connectivity index (χ0v) is 10.2. The van der Waals surface area contributed by atoms with Gasteiger partial charge in [-0.15, -0.1) is 11.6 Å². The molecule has 0 bridgehead atoms. The molecule has 0 aromatic heterocycles. The van der Waals surface area contributed by atoms with Gasteiger partial charge >= 0.3 is 0 Å². The SMILES string of the molecule is CNOC(C)(C)CC(C)(C)CCCl. The maximum atomic E-state index is 5.74. The summed E-state index contributed by atoms with van der Waals surface area (Å²) in [6.07, 6.45) is 2.01. The summed E-state index contributed by atoms with van der Waals surface area (Å²) in [5, 5.41) is 0. The number of hydrogen-bond acceptors (Lipinski definition) is 2. The molecular weight excluding hydrogens is 186 g/mol. The molecule has 0 amide bonds. The predicted octanol–water partition coefficient (Wildman–Crippen LogP) is 2.96. The highest BCUT2D eigenvalue weighted by atomic mass is 35.5. The van der Waals surface area contributed by atoms with Gasteiger partial charge in [-0.05, 0) is 32.1 Å². The van der Waals surface area contributed by atoms with Crippen LogP contribution in [0.2, 0.25) is 0 Å². The molecule has 0 atom stereocenters. The number of halogens is 1. The third-order valence-corrected chi connectivity index (χ3v) is 2.24. The second-order valence-electron chi connectivity index (χ2n) is 4.85. The Balaban J connectivity index is 4.07. The summed E-state index contributed by atoms with van der Waals surface area (Å²) in [4.78, 5) is 5.42. The maximum Gasteiger partial charge on any atom is 0.0845 e. The number of alkyl halides is 1. The number of rotatable bonds is 6. The summed E-state index contributed by atoms with van der Waals surface area (Å²) in [6, 6.07) is 0. The Hall–Kier alpha value is 0.210. The molecule has 0 radical (unpaired) electrons. The molecule has 0 fully saturated rings. The van der Waals surface area contributed by atoms with Crippen molar-refractivity contribution in [2.45, 2.75) is 46.1 Å². The Bertz CT molecular complexity index is 130. The highest BCUT2D eigenvalue weighted by molar-refractivity contribution is 6.17. The van der Waals surface area contributed by atoms with Crippen molar-refractivity contribution in [2.24, 2.45) is 5.41 Å². The molecule has 80 valence electrons. The lowest BCUT2D eigenvalue weighted by Gasteiger charge is -2.33. The lowest BCUT2D eigenvalue weighted by molar-refractivity contribution is -0.0954. The van der Waals surface area contributed by atoms with Crippen LogP contribution in [0.15, 0.2) is 0 Å². The van der Waals surface area contributed by atoms with Crippen LogP contribution in [0.25, 0.3) is 0 Å². The Morgan fingerprint density at radius 1 is 1.23 bits per heavy atom. The summed E-state index contributed by atoms with van der Waals surface area (Å²) in [6.45, 7) is 8.60. The first-order valence-corrected chi connectivity index (χ1v) is 5.27. The molecule has 0 aromatic carbocycles. The fourth-order valence-corrected chi connectivity index (χ4v) is 2.32. The van der Waals surface area contributed by atoms with Crippen molar-refractivity contribution in [1.29, 1.82) is 0 Å². The van der Waals surface area contributed by atoms with Crippen LogP contribution < -0.4 is 5.48 Å². The lowest BCUT2D eigenvalue weighted by Crippen LogP contribution is -2.35. The summed E-state index contributed by atoms with van der Waals surface area (Å²) < 4.78 is 0. The summed E-state index contributed by atoms with van der Waals surface area (Å²) in [5.41, 5.74) is 2.84. The van der Waals surface area contributed by atoms with Crippen LogP contribution in [0.1, 0.15) is 40.5 Å². The maximum absolute atomic E-state index is 5.74. The van der Waals surface area contributed by atoms with Gasteiger partial charge in [0.25, 0.3) is 0 Å². The van der Waals surface area contributed by atoms with E-state index in [2.05, 4.69) is 33.2 Å². The molecule has 0 rings (SSSR count). The Morgan fingerprint density at radius 3 is 2.15 bits per heavy atom. The minimum atomic E-state index is -0.135. The molecule has 0 saturated heterocycles. The smallest absolute Gasteiger partial charge is 0.0845 e. The number of hydroxylamine groups is 1. The summed E-state index contributed by atoms with van der Waals surface area (Å²) in [7, 11) is 1.79. The monoisotopic (exact) mass is 207 g/mol. The van der Waals surface area contributed by atoms with Crippen molar-refractivity contribution >= 4 is 11.6 Å². The molecule has 0 spiro atoms. The van der Waals surface area contributed by atoms with E-state index < -0.39 is 0 Å². The fourth-order valence-electron chi connectivity index (χ4n) is 1.81. The third-order valence-electron chi connectivity index (χ3n) is 2.05. The van der Waals surface area contributed by atoms with Gasteiger partial charge in [0.15, 0.2) is 0 Å². The molecule has 0 unspecified atom stereocenters. The molecule has 0 aromatic rings. The zero-order valence-electron chi connectivity index (χ0n) is 9.41. The summed E-state index contributed by atoms with van der Waals surface area (Å²) >= 11 is 5.74. The van der Waals surface area contributed by atoms with Gasteiger partial charge < -0.3 is 0 Å². The molecule has 0 heterocycles. The van der Waals surface area contributed by atoms with Crippen LogP contribution in [0.3, 0.4) is 0 Å². The van der Waals surface area contributed by atoms with E-state index >= 15 is 0 Å². The van der Waals surface area contributed by atoms with Gasteiger partial charge in [-0.3, -0.25) is 4.84 Å². The first-order valence-electron chi connectivity index (χ1n) is 4.74. The van der Waals surface area contributed by atoms with E-state index in [0.717, 1.165) is 12.8 Å². The van der Waals surface area contributed by atoms with Gasteiger partial charge in [-0.25, -0.2) is 5.48 Å². The normalized spacial score (nSPS) is 13.4. The zero-order chi connectivity index (χ0) is 10.5. The first-order chi connectivity index (χ1) is 5.83. The molecule has 1 N–H and O–H groups in total. The van der Waals surface area contributed by atoms with Gasteiger partial charge in [0.05, 0.1) is 5.60 Å². The quantitative estimate of drug-likeness (QED) is 0.534. The minimum absolute atomic E-state index is 0.135. The van der Waals surface area contributed by atoms with Crippen molar-refractivity contribution in [3.05, 3.63) is 0 Å². The van der Waals surface area contributed by atoms with Gasteiger partial charge in [0.1, 0.15) is 0 Å². The average Bonchev–Trinajstić information content (AvgIpc) is 1.82. The second-order valence-corrected chi connectivity index (χ2v) is 5.22. The van der Waals surface area contributed by atoms with E-state index in [0.29, 0.717) is 5.88 Å². The molecule has 13 heavy (non-hydrogen) atoms. The Labute approximate surface area is 86.9 Å². The van der Waals surface area contributed by atoms with Gasteiger partial charge in [-0.1, -0.05) is 13.8 Å². The van der Waals surface area contributed by atoms with E-state index in [1.165, 1.54) is 0 Å². The van der Waals surface area contributed by atoms with Crippen molar-refractivity contribution in [1.82, 2.24) is 5.48 Å². The molecule has 0 saturated carbocycles. The topological polar surface area (TPSA) is 21.3 Å². The van der Waals surface area contributed by atoms with Crippen LogP contribution in [-0.2, 0) is 4.84 Å². The standard InChI is InChI=1S/C10H22ClNO/c1-9(2,6-7-11)8-10(3,4)13-12-5/h12H,6-8H2,1-5H3.